The van der Waals surface area contributed by atoms with Crippen LogP contribution >= 0.6 is 11.8 Å². The van der Waals surface area contributed by atoms with Gasteiger partial charge in [0.25, 0.3) is 11.1 Å². The van der Waals surface area contributed by atoms with Gasteiger partial charge in [-0.1, -0.05) is 30.0 Å². The number of hydrogen-bond donors (Lipinski definition) is 1. The second-order valence-electron chi connectivity index (χ2n) is 4.77. The van der Waals surface area contributed by atoms with Crippen molar-refractivity contribution < 1.29 is 13.6 Å². The van der Waals surface area contributed by atoms with Crippen LogP contribution in [-0.2, 0) is 12.3 Å². The first kappa shape index (κ1) is 16.1. The summed E-state index contributed by atoms with van der Waals surface area (Å²) < 4.78 is 18.9. The number of halogens is 1. The van der Waals surface area contributed by atoms with E-state index in [1.165, 1.54) is 30.0 Å². The van der Waals surface area contributed by atoms with Crippen LogP contribution in [0.1, 0.15) is 21.8 Å². The Morgan fingerprint density at radius 3 is 2.88 bits per heavy atom. The summed E-state index contributed by atoms with van der Waals surface area (Å²) in [6.07, 6.45) is 3.47. The van der Waals surface area contributed by atoms with E-state index in [2.05, 4.69) is 20.5 Å². The van der Waals surface area contributed by atoms with E-state index in [1.807, 2.05) is 12.1 Å². The molecule has 6 nitrogen and oxygen atoms in total. The maximum atomic E-state index is 13.5. The zero-order chi connectivity index (χ0) is 16.8. The Hall–Kier alpha value is -2.74. The third kappa shape index (κ3) is 4.17. The van der Waals surface area contributed by atoms with Gasteiger partial charge >= 0.3 is 0 Å². The molecule has 0 saturated heterocycles. The predicted molar refractivity (Wildman–Crippen MR) is 85.7 cm³/mol. The normalized spacial score (nSPS) is 10.5. The van der Waals surface area contributed by atoms with E-state index in [-0.39, 0.29) is 18.0 Å². The van der Waals surface area contributed by atoms with Crippen molar-refractivity contribution in [2.45, 2.75) is 17.5 Å². The number of hydrogen-bond acceptors (Lipinski definition) is 6. The van der Waals surface area contributed by atoms with Gasteiger partial charge in [0.05, 0.1) is 12.1 Å². The molecule has 122 valence electrons. The zero-order valence-electron chi connectivity index (χ0n) is 12.5. The van der Waals surface area contributed by atoms with E-state index in [9.17, 15) is 9.18 Å². The number of pyridine rings is 1. The number of nitrogens with one attached hydrogen (secondary N) is 1. The SMILES string of the molecule is O=C(NCc1nnc(SCc2cccnc2)o1)c1ccccc1F. The molecule has 0 fully saturated rings. The van der Waals surface area contributed by atoms with E-state index < -0.39 is 11.7 Å². The molecule has 3 aromatic rings. The predicted octanol–water partition coefficient (Wildman–Crippen LogP) is 2.83. The van der Waals surface area contributed by atoms with Gasteiger partial charge in [-0.15, -0.1) is 10.2 Å². The van der Waals surface area contributed by atoms with E-state index >= 15 is 0 Å². The van der Waals surface area contributed by atoms with Gasteiger partial charge in [-0.25, -0.2) is 4.39 Å². The molecule has 3 rings (SSSR count). The highest BCUT2D eigenvalue weighted by molar-refractivity contribution is 7.98. The Bertz CT molecular complexity index is 826. The lowest BCUT2D eigenvalue weighted by Crippen LogP contribution is -2.23. The molecule has 1 aromatic carbocycles. The molecule has 0 spiro atoms. The third-order valence-corrected chi connectivity index (χ3v) is 3.94. The lowest BCUT2D eigenvalue weighted by molar-refractivity contribution is 0.0942. The molecule has 0 radical (unpaired) electrons. The highest BCUT2D eigenvalue weighted by Crippen LogP contribution is 2.20. The van der Waals surface area contributed by atoms with Gasteiger partial charge < -0.3 is 9.73 Å². The van der Waals surface area contributed by atoms with Crippen LogP contribution in [0.25, 0.3) is 0 Å². The summed E-state index contributed by atoms with van der Waals surface area (Å²) in [4.78, 5) is 15.9. The number of amides is 1. The van der Waals surface area contributed by atoms with Crippen LogP contribution in [0.2, 0.25) is 0 Å². The number of nitrogens with zero attached hydrogens (tertiary/aromatic N) is 3. The Morgan fingerprint density at radius 1 is 1.21 bits per heavy atom. The van der Waals surface area contributed by atoms with Crippen LogP contribution in [0.5, 0.6) is 0 Å². The van der Waals surface area contributed by atoms with Gasteiger partial charge in [-0.3, -0.25) is 9.78 Å². The molecule has 0 aliphatic rings. The molecule has 24 heavy (non-hydrogen) atoms. The summed E-state index contributed by atoms with van der Waals surface area (Å²) >= 11 is 1.37. The molecule has 0 aliphatic heterocycles. The average molecular weight is 344 g/mol. The minimum absolute atomic E-state index is 0.0248. The molecule has 0 aliphatic carbocycles. The van der Waals surface area contributed by atoms with Crippen molar-refractivity contribution in [2.75, 3.05) is 0 Å². The number of benzene rings is 1. The highest BCUT2D eigenvalue weighted by atomic mass is 32.2. The molecule has 0 saturated carbocycles. The molecule has 0 atom stereocenters. The second-order valence-corrected chi connectivity index (χ2v) is 5.70. The van der Waals surface area contributed by atoms with Gasteiger partial charge in [0.2, 0.25) is 5.89 Å². The molecule has 2 aromatic heterocycles. The average Bonchev–Trinajstić information content (AvgIpc) is 3.07. The largest absolute Gasteiger partial charge is 0.414 e. The fraction of sp³-hybridized carbons (Fsp3) is 0.125. The van der Waals surface area contributed by atoms with Crippen LogP contribution in [0.3, 0.4) is 0 Å². The van der Waals surface area contributed by atoms with Gasteiger partial charge in [0.15, 0.2) is 0 Å². The van der Waals surface area contributed by atoms with Gasteiger partial charge in [-0.05, 0) is 23.8 Å². The summed E-state index contributed by atoms with van der Waals surface area (Å²) in [6, 6.07) is 9.56. The van der Waals surface area contributed by atoms with Crippen molar-refractivity contribution >= 4 is 17.7 Å². The summed E-state index contributed by atoms with van der Waals surface area (Å²) in [5.41, 5.74) is 1.01. The zero-order valence-corrected chi connectivity index (χ0v) is 13.3. The Kier molecular flexibility index (Phi) is 5.17. The molecule has 0 unspecified atom stereocenters. The Labute approximate surface area is 141 Å². The second kappa shape index (κ2) is 7.69. The topological polar surface area (TPSA) is 80.9 Å². The van der Waals surface area contributed by atoms with Crippen molar-refractivity contribution in [3.05, 3.63) is 71.6 Å². The maximum absolute atomic E-state index is 13.5. The highest BCUT2D eigenvalue weighted by Gasteiger charge is 2.12. The van der Waals surface area contributed by atoms with Crippen LogP contribution in [-0.4, -0.2) is 21.1 Å². The first-order chi connectivity index (χ1) is 11.7. The fourth-order valence-electron chi connectivity index (χ4n) is 1.89. The minimum atomic E-state index is -0.576. The standard InChI is InChI=1S/C16H13FN4O2S/c17-13-6-2-1-5-12(13)15(22)19-9-14-20-21-16(23-14)24-10-11-4-3-7-18-8-11/h1-8H,9-10H2,(H,19,22). The summed E-state index contributed by atoms with van der Waals surface area (Å²) in [5.74, 6) is -0.200. The molecule has 2 heterocycles. The Morgan fingerprint density at radius 2 is 2.08 bits per heavy atom. The summed E-state index contributed by atoms with van der Waals surface area (Å²) in [5, 5.41) is 10.7. The third-order valence-electron chi connectivity index (χ3n) is 3.05. The van der Waals surface area contributed by atoms with E-state index in [1.54, 1.807) is 18.5 Å². The van der Waals surface area contributed by atoms with Crippen molar-refractivity contribution in [1.29, 1.82) is 0 Å². The minimum Gasteiger partial charge on any atom is -0.414 e. The quantitative estimate of drug-likeness (QED) is 0.693. The number of aromatic nitrogens is 3. The van der Waals surface area contributed by atoms with E-state index in [0.717, 1.165) is 5.56 Å². The van der Waals surface area contributed by atoms with E-state index in [4.69, 9.17) is 4.42 Å². The molecular weight excluding hydrogens is 331 g/mol. The smallest absolute Gasteiger partial charge is 0.276 e. The maximum Gasteiger partial charge on any atom is 0.276 e. The number of thioether (sulfide) groups is 1. The lowest BCUT2D eigenvalue weighted by atomic mass is 10.2. The van der Waals surface area contributed by atoms with Crippen molar-refractivity contribution in [1.82, 2.24) is 20.5 Å². The first-order valence-electron chi connectivity index (χ1n) is 7.09. The molecule has 0 bridgehead atoms. The van der Waals surface area contributed by atoms with Crippen LogP contribution < -0.4 is 5.32 Å². The van der Waals surface area contributed by atoms with Crippen molar-refractivity contribution in [3.63, 3.8) is 0 Å². The molecule has 1 amide bonds. The summed E-state index contributed by atoms with van der Waals surface area (Å²) in [7, 11) is 0. The molecule has 1 N–H and O–H groups in total. The van der Waals surface area contributed by atoms with Crippen LogP contribution in [0.15, 0.2) is 58.4 Å². The number of carbonyl (C=O) groups is 1. The molecule has 8 heteroatoms. The van der Waals surface area contributed by atoms with Crippen LogP contribution in [0, 0.1) is 5.82 Å². The van der Waals surface area contributed by atoms with Gasteiger partial charge in [0.1, 0.15) is 5.82 Å². The van der Waals surface area contributed by atoms with Gasteiger partial charge in [0, 0.05) is 18.1 Å². The first-order valence-corrected chi connectivity index (χ1v) is 8.08. The number of carbonyl (C=O) groups excluding carboxylic acids is 1. The van der Waals surface area contributed by atoms with Crippen molar-refractivity contribution in [2.24, 2.45) is 0 Å². The van der Waals surface area contributed by atoms with Crippen LogP contribution in [0.4, 0.5) is 4.39 Å². The fourth-order valence-corrected chi connectivity index (χ4v) is 2.61. The van der Waals surface area contributed by atoms with E-state index in [0.29, 0.717) is 11.0 Å². The lowest BCUT2D eigenvalue weighted by Gasteiger charge is -2.03. The number of rotatable bonds is 6. The monoisotopic (exact) mass is 344 g/mol. The Balaban J connectivity index is 1.53. The van der Waals surface area contributed by atoms with Gasteiger partial charge in [-0.2, -0.15) is 0 Å². The van der Waals surface area contributed by atoms with Crippen molar-refractivity contribution in [3.8, 4) is 0 Å². The molecular formula is C16H13FN4O2S. The summed E-state index contributed by atoms with van der Waals surface area (Å²) in [6.45, 7) is 0.0353.